The summed E-state index contributed by atoms with van der Waals surface area (Å²) < 4.78 is 15.3. The van der Waals surface area contributed by atoms with Gasteiger partial charge in [0.2, 0.25) is 0 Å². The molecule has 2 heterocycles. The third kappa shape index (κ3) is 3.65. The van der Waals surface area contributed by atoms with Crippen LogP contribution < -0.4 is 0 Å². The van der Waals surface area contributed by atoms with Crippen LogP contribution in [0, 0.1) is 0 Å². The smallest absolute Gasteiger partial charge is 0.187 e. The van der Waals surface area contributed by atoms with Gasteiger partial charge in [-0.1, -0.05) is 0 Å². The van der Waals surface area contributed by atoms with Gasteiger partial charge in [0, 0.05) is 0 Å². The highest BCUT2D eigenvalue weighted by atomic mass is 16.7. The second kappa shape index (κ2) is 7.63. The summed E-state index contributed by atoms with van der Waals surface area (Å²) in [6.07, 6.45) is -15.6. The molecule has 2 rings (SSSR count). The fourth-order valence-corrected chi connectivity index (χ4v) is 2.57. The van der Waals surface area contributed by atoms with Crippen LogP contribution in [0.3, 0.4) is 0 Å². The largest absolute Gasteiger partial charge is 0.394 e. The standard InChI is InChI=1S/C12H22O11/c13-1-3-5(15)6(16)9(19)12(22-3)23-10-4(2-14)21-11(20)8(18)7(10)17/h3-20H,1-2H2/t3?,4?,5-,6+,7-,8?,9?,10-,11-,12-/m0/s1. The van der Waals surface area contributed by atoms with Gasteiger partial charge in [0.1, 0.15) is 48.8 Å². The first kappa shape index (κ1) is 18.9. The molecule has 0 bridgehead atoms. The van der Waals surface area contributed by atoms with E-state index < -0.39 is 74.6 Å². The van der Waals surface area contributed by atoms with Crippen molar-refractivity contribution in [1.29, 1.82) is 0 Å². The van der Waals surface area contributed by atoms with Crippen LogP contribution in [0.1, 0.15) is 0 Å². The summed E-state index contributed by atoms with van der Waals surface area (Å²) in [5.41, 5.74) is 0. The van der Waals surface area contributed by atoms with Crippen LogP contribution in [-0.2, 0) is 14.2 Å². The van der Waals surface area contributed by atoms with Crippen LogP contribution in [0.4, 0.5) is 0 Å². The van der Waals surface area contributed by atoms with E-state index in [1.165, 1.54) is 0 Å². The van der Waals surface area contributed by atoms with Gasteiger partial charge in [0.05, 0.1) is 13.2 Å². The molecule has 2 fully saturated rings. The fraction of sp³-hybridized carbons (Fsp3) is 1.00. The third-order valence-corrected chi connectivity index (χ3v) is 3.98. The van der Waals surface area contributed by atoms with Gasteiger partial charge in [0.15, 0.2) is 12.6 Å². The average molecular weight is 342 g/mol. The van der Waals surface area contributed by atoms with Crippen molar-refractivity contribution < 1.29 is 55.1 Å². The van der Waals surface area contributed by atoms with E-state index in [0.29, 0.717) is 0 Å². The topological polar surface area (TPSA) is 190 Å². The molecule has 0 aromatic rings. The van der Waals surface area contributed by atoms with E-state index in [1.54, 1.807) is 0 Å². The van der Waals surface area contributed by atoms with E-state index in [1.807, 2.05) is 0 Å². The molecular formula is C12H22O11. The molecule has 0 saturated carbocycles. The second-order valence-corrected chi connectivity index (χ2v) is 5.53. The van der Waals surface area contributed by atoms with E-state index in [2.05, 4.69) is 0 Å². The summed E-state index contributed by atoms with van der Waals surface area (Å²) in [4.78, 5) is 0. The molecule has 4 unspecified atom stereocenters. The Kier molecular flexibility index (Phi) is 6.27. The Balaban J connectivity index is 2.11. The molecule has 2 saturated heterocycles. The summed E-state index contributed by atoms with van der Waals surface area (Å²) in [6, 6.07) is 0. The number of ether oxygens (including phenoxy) is 3. The van der Waals surface area contributed by atoms with Gasteiger partial charge < -0.3 is 55.1 Å². The van der Waals surface area contributed by atoms with Crippen molar-refractivity contribution in [2.75, 3.05) is 13.2 Å². The third-order valence-electron chi connectivity index (χ3n) is 3.98. The van der Waals surface area contributed by atoms with Crippen LogP contribution in [0.25, 0.3) is 0 Å². The Morgan fingerprint density at radius 3 is 1.83 bits per heavy atom. The number of aliphatic hydroxyl groups is 8. The van der Waals surface area contributed by atoms with Gasteiger partial charge >= 0.3 is 0 Å². The van der Waals surface area contributed by atoms with Crippen LogP contribution in [0.15, 0.2) is 0 Å². The minimum absolute atomic E-state index is 0.667. The monoisotopic (exact) mass is 342 g/mol. The highest BCUT2D eigenvalue weighted by Crippen LogP contribution is 2.28. The van der Waals surface area contributed by atoms with Crippen LogP contribution in [0.2, 0.25) is 0 Å². The minimum atomic E-state index is -1.74. The lowest BCUT2D eigenvalue weighted by Crippen LogP contribution is -2.64. The van der Waals surface area contributed by atoms with E-state index >= 15 is 0 Å². The molecule has 11 heteroatoms. The van der Waals surface area contributed by atoms with Gasteiger partial charge in [0.25, 0.3) is 0 Å². The van der Waals surface area contributed by atoms with Crippen LogP contribution in [0.5, 0.6) is 0 Å². The van der Waals surface area contributed by atoms with Gasteiger partial charge in [-0.25, -0.2) is 0 Å². The molecule has 10 atom stereocenters. The van der Waals surface area contributed by atoms with E-state index in [4.69, 9.17) is 19.3 Å². The number of rotatable bonds is 4. The van der Waals surface area contributed by atoms with Crippen LogP contribution in [-0.4, -0.2) is 115 Å². The van der Waals surface area contributed by atoms with Crippen molar-refractivity contribution >= 4 is 0 Å². The number of aliphatic hydroxyl groups excluding tert-OH is 8. The molecular weight excluding hydrogens is 320 g/mol. The average Bonchev–Trinajstić information content (AvgIpc) is 2.55. The van der Waals surface area contributed by atoms with E-state index in [-0.39, 0.29) is 0 Å². The fourth-order valence-electron chi connectivity index (χ4n) is 2.57. The predicted molar refractivity (Wildman–Crippen MR) is 68.6 cm³/mol. The van der Waals surface area contributed by atoms with E-state index in [9.17, 15) is 35.7 Å². The summed E-state index contributed by atoms with van der Waals surface area (Å²) in [5, 5.41) is 76.5. The van der Waals surface area contributed by atoms with Gasteiger partial charge in [-0.2, -0.15) is 0 Å². The molecule has 8 N–H and O–H groups in total. The Labute approximate surface area is 130 Å². The highest BCUT2D eigenvalue weighted by Gasteiger charge is 2.50. The first-order valence-corrected chi connectivity index (χ1v) is 7.08. The SMILES string of the molecule is OCC1O[C@@H](O[C@H]2C(CO)O[C@H](O)C(O)[C@@H]2O)C(O)[C@H](O)[C@H]1O. The van der Waals surface area contributed by atoms with Crippen molar-refractivity contribution in [2.45, 2.75) is 61.4 Å². The Morgan fingerprint density at radius 2 is 1.26 bits per heavy atom. The second-order valence-electron chi connectivity index (χ2n) is 5.53. The minimum Gasteiger partial charge on any atom is -0.394 e. The van der Waals surface area contributed by atoms with Crippen LogP contribution >= 0.6 is 0 Å². The lowest BCUT2D eigenvalue weighted by Gasteiger charge is -2.45. The molecule has 0 aliphatic carbocycles. The van der Waals surface area contributed by atoms with Crippen molar-refractivity contribution in [3.8, 4) is 0 Å². The van der Waals surface area contributed by atoms with Crippen molar-refractivity contribution in [3.05, 3.63) is 0 Å². The van der Waals surface area contributed by atoms with Gasteiger partial charge in [-0.15, -0.1) is 0 Å². The quantitative estimate of drug-likeness (QED) is 0.243. The number of hydrogen-bond donors (Lipinski definition) is 8. The molecule has 0 aromatic heterocycles. The Bertz CT molecular complexity index is 378. The maximum absolute atomic E-state index is 9.94. The van der Waals surface area contributed by atoms with Crippen molar-refractivity contribution in [3.63, 3.8) is 0 Å². The molecule has 2 aliphatic rings. The Hall–Kier alpha value is -0.440. The summed E-state index contributed by atoms with van der Waals surface area (Å²) in [7, 11) is 0. The molecule has 0 aromatic carbocycles. The molecule has 0 amide bonds. The molecule has 136 valence electrons. The molecule has 0 radical (unpaired) electrons. The molecule has 2 aliphatic heterocycles. The zero-order chi connectivity index (χ0) is 17.3. The summed E-state index contributed by atoms with van der Waals surface area (Å²) >= 11 is 0. The maximum Gasteiger partial charge on any atom is 0.187 e. The first-order chi connectivity index (χ1) is 10.8. The molecule has 0 spiro atoms. The Morgan fingerprint density at radius 1 is 0.652 bits per heavy atom. The molecule has 11 nitrogen and oxygen atoms in total. The van der Waals surface area contributed by atoms with Gasteiger partial charge in [-0.05, 0) is 0 Å². The predicted octanol–water partition coefficient (Wildman–Crippen LogP) is -5.40. The summed E-state index contributed by atoms with van der Waals surface area (Å²) in [6.45, 7) is -1.35. The lowest BCUT2D eigenvalue weighted by molar-refractivity contribution is -0.355. The first-order valence-electron chi connectivity index (χ1n) is 7.08. The number of hydrogen-bond acceptors (Lipinski definition) is 11. The summed E-state index contributed by atoms with van der Waals surface area (Å²) in [5.74, 6) is 0. The molecule has 23 heavy (non-hydrogen) atoms. The van der Waals surface area contributed by atoms with Crippen molar-refractivity contribution in [1.82, 2.24) is 0 Å². The lowest BCUT2D eigenvalue weighted by atomic mass is 9.97. The van der Waals surface area contributed by atoms with E-state index in [0.717, 1.165) is 0 Å². The zero-order valence-corrected chi connectivity index (χ0v) is 12.0. The van der Waals surface area contributed by atoms with Gasteiger partial charge in [-0.3, -0.25) is 0 Å². The normalized spacial score (nSPS) is 51.7. The zero-order valence-electron chi connectivity index (χ0n) is 12.0. The maximum atomic E-state index is 9.94. The van der Waals surface area contributed by atoms with Crippen molar-refractivity contribution in [2.24, 2.45) is 0 Å². The highest BCUT2D eigenvalue weighted by molar-refractivity contribution is 4.93.